The molecule has 2 unspecified atom stereocenters. The Hall–Kier alpha value is -3.43. The fourth-order valence-corrected chi connectivity index (χ4v) is 4.33. The number of carboxylic acid groups (broad SMARTS) is 1. The van der Waals surface area contributed by atoms with Crippen LogP contribution in [0.25, 0.3) is 11.0 Å². The highest BCUT2D eigenvalue weighted by atomic mass is 35.5. The molecule has 0 amide bonds. The highest BCUT2D eigenvalue weighted by molar-refractivity contribution is 6.32. The molecular formula is C24H16Cl2F3N3O3. The Kier molecular flexibility index (Phi) is 6.82. The summed E-state index contributed by atoms with van der Waals surface area (Å²) in [5.41, 5.74) is 1.04. The van der Waals surface area contributed by atoms with Crippen molar-refractivity contribution < 1.29 is 27.8 Å². The van der Waals surface area contributed by atoms with E-state index in [4.69, 9.17) is 33.0 Å². The summed E-state index contributed by atoms with van der Waals surface area (Å²) >= 11 is 12.4. The highest BCUT2D eigenvalue weighted by Gasteiger charge is 2.45. The van der Waals surface area contributed by atoms with Crippen LogP contribution in [0.15, 0.2) is 61.1 Å². The van der Waals surface area contributed by atoms with Crippen molar-refractivity contribution in [3.8, 4) is 11.6 Å². The number of halogens is 5. The molecule has 0 radical (unpaired) electrons. The maximum atomic E-state index is 14.2. The van der Waals surface area contributed by atoms with E-state index >= 15 is 0 Å². The van der Waals surface area contributed by atoms with Crippen LogP contribution in [-0.2, 0) is 0 Å². The van der Waals surface area contributed by atoms with E-state index in [2.05, 4.69) is 15.0 Å². The van der Waals surface area contributed by atoms with Gasteiger partial charge >= 0.3 is 12.1 Å². The molecule has 0 bridgehead atoms. The number of carboxylic acids is 1. The minimum atomic E-state index is -4.56. The summed E-state index contributed by atoms with van der Waals surface area (Å²) in [6.45, 7) is 1.45. The number of benzene rings is 2. The second-order valence-corrected chi connectivity index (χ2v) is 8.53. The van der Waals surface area contributed by atoms with Gasteiger partial charge in [0.25, 0.3) is 0 Å². The Bertz CT molecular complexity index is 1420. The number of fused-ring (bicyclic) bond motifs is 1. The fourth-order valence-electron chi connectivity index (χ4n) is 3.78. The minimum Gasteiger partial charge on any atom is -0.478 e. The van der Waals surface area contributed by atoms with E-state index in [9.17, 15) is 18.0 Å². The van der Waals surface area contributed by atoms with Gasteiger partial charge in [-0.25, -0.2) is 9.78 Å². The van der Waals surface area contributed by atoms with Crippen LogP contribution in [0.4, 0.5) is 13.2 Å². The molecule has 180 valence electrons. The van der Waals surface area contributed by atoms with E-state index in [1.165, 1.54) is 61.8 Å². The lowest BCUT2D eigenvalue weighted by atomic mass is 9.82. The molecule has 0 saturated heterocycles. The summed E-state index contributed by atoms with van der Waals surface area (Å²) in [6.07, 6.45) is -0.594. The van der Waals surface area contributed by atoms with Gasteiger partial charge in [-0.05, 0) is 47.4 Å². The SMILES string of the molecule is CC(c1ccc(Oc2ncc(C(=O)O)cc2Cl)cc1Cl)C(c1ccc2nccnc2c1)C(F)(F)F. The molecule has 11 heteroatoms. The maximum Gasteiger partial charge on any atom is 0.396 e. The van der Waals surface area contributed by atoms with Gasteiger partial charge in [0.05, 0.1) is 22.5 Å². The Morgan fingerprint density at radius 1 is 0.971 bits per heavy atom. The van der Waals surface area contributed by atoms with E-state index in [0.29, 0.717) is 11.0 Å². The molecule has 2 atom stereocenters. The quantitative estimate of drug-likeness (QED) is 0.287. The summed E-state index contributed by atoms with van der Waals surface area (Å²) < 4.78 is 48.2. The predicted molar refractivity (Wildman–Crippen MR) is 124 cm³/mol. The van der Waals surface area contributed by atoms with Crippen molar-refractivity contribution in [2.75, 3.05) is 0 Å². The normalized spacial score (nSPS) is 13.4. The van der Waals surface area contributed by atoms with Gasteiger partial charge in [0.1, 0.15) is 10.8 Å². The number of hydrogen-bond acceptors (Lipinski definition) is 5. The average molecular weight is 522 g/mol. The van der Waals surface area contributed by atoms with Crippen molar-refractivity contribution in [3.05, 3.63) is 87.8 Å². The monoisotopic (exact) mass is 521 g/mol. The molecular weight excluding hydrogens is 506 g/mol. The Balaban J connectivity index is 1.64. The third kappa shape index (κ3) is 5.31. The lowest BCUT2D eigenvalue weighted by Crippen LogP contribution is -2.26. The van der Waals surface area contributed by atoms with Gasteiger partial charge < -0.3 is 9.84 Å². The van der Waals surface area contributed by atoms with Gasteiger partial charge in [0.15, 0.2) is 0 Å². The van der Waals surface area contributed by atoms with Crippen LogP contribution >= 0.6 is 23.2 Å². The largest absolute Gasteiger partial charge is 0.478 e. The average Bonchev–Trinajstić information content (AvgIpc) is 2.79. The summed E-state index contributed by atoms with van der Waals surface area (Å²) in [7, 11) is 0. The Morgan fingerprint density at radius 3 is 2.31 bits per heavy atom. The molecule has 0 spiro atoms. The van der Waals surface area contributed by atoms with Gasteiger partial charge in [-0.15, -0.1) is 0 Å². The molecule has 0 saturated carbocycles. The number of rotatable bonds is 6. The topological polar surface area (TPSA) is 85.2 Å². The summed E-state index contributed by atoms with van der Waals surface area (Å²) in [5.74, 6) is -3.99. The first-order chi connectivity index (χ1) is 16.5. The fraction of sp³-hybridized carbons (Fsp3) is 0.167. The lowest BCUT2D eigenvalue weighted by molar-refractivity contribution is -0.154. The van der Waals surface area contributed by atoms with Crippen LogP contribution < -0.4 is 4.74 Å². The first-order valence-electron chi connectivity index (χ1n) is 10.2. The molecule has 2 aromatic carbocycles. The van der Waals surface area contributed by atoms with Crippen LogP contribution in [-0.4, -0.2) is 32.2 Å². The lowest BCUT2D eigenvalue weighted by Gasteiger charge is -2.28. The number of nitrogens with zero attached hydrogens (tertiary/aromatic N) is 3. The molecule has 4 rings (SSSR count). The molecule has 0 aliphatic heterocycles. The van der Waals surface area contributed by atoms with E-state index in [0.717, 1.165) is 6.20 Å². The van der Waals surface area contributed by atoms with Gasteiger partial charge in [-0.3, -0.25) is 9.97 Å². The van der Waals surface area contributed by atoms with E-state index in [1.54, 1.807) is 0 Å². The molecule has 1 N–H and O–H groups in total. The van der Waals surface area contributed by atoms with E-state index < -0.39 is 24.0 Å². The molecule has 6 nitrogen and oxygen atoms in total. The summed E-state index contributed by atoms with van der Waals surface area (Å²) in [5, 5.41) is 9.01. The van der Waals surface area contributed by atoms with Crippen LogP contribution in [0.1, 0.15) is 40.2 Å². The van der Waals surface area contributed by atoms with E-state index in [-0.39, 0.29) is 38.4 Å². The number of aromatic nitrogens is 3. The first kappa shape index (κ1) is 24.7. The molecule has 35 heavy (non-hydrogen) atoms. The smallest absolute Gasteiger partial charge is 0.396 e. The zero-order valence-electron chi connectivity index (χ0n) is 17.9. The zero-order valence-corrected chi connectivity index (χ0v) is 19.4. The number of hydrogen-bond donors (Lipinski definition) is 1. The van der Waals surface area contributed by atoms with Crippen molar-refractivity contribution in [2.45, 2.75) is 24.9 Å². The second-order valence-electron chi connectivity index (χ2n) is 7.71. The molecule has 0 fully saturated rings. The Labute approximate surface area is 207 Å². The third-order valence-electron chi connectivity index (χ3n) is 5.44. The van der Waals surface area contributed by atoms with Crippen molar-refractivity contribution in [2.24, 2.45) is 0 Å². The standard InChI is InChI=1S/C24H16Cl2F3N3O3/c1-12(21(24(27,28)29)13-2-5-19-20(9-13)31-7-6-30-19)16-4-3-15(10-17(16)25)35-22-18(26)8-14(11-32-22)23(33)34/h2-12,21H,1H3,(H,33,34). The van der Waals surface area contributed by atoms with Crippen molar-refractivity contribution in [3.63, 3.8) is 0 Å². The van der Waals surface area contributed by atoms with Crippen LogP contribution in [0.2, 0.25) is 10.0 Å². The maximum absolute atomic E-state index is 14.2. The number of carbonyl (C=O) groups is 1. The van der Waals surface area contributed by atoms with Gasteiger partial charge in [-0.2, -0.15) is 13.2 Å². The van der Waals surface area contributed by atoms with Crippen LogP contribution in [0, 0.1) is 0 Å². The highest BCUT2D eigenvalue weighted by Crippen LogP contribution is 2.47. The van der Waals surface area contributed by atoms with Gasteiger partial charge in [-0.1, -0.05) is 42.3 Å². The zero-order chi connectivity index (χ0) is 25.3. The molecule has 0 aliphatic carbocycles. The number of aromatic carboxylic acids is 1. The van der Waals surface area contributed by atoms with Crippen molar-refractivity contribution in [1.29, 1.82) is 0 Å². The van der Waals surface area contributed by atoms with Crippen molar-refractivity contribution in [1.82, 2.24) is 15.0 Å². The first-order valence-corrected chi connectivity index (χ1v) is 10.9. The number of alkyl halides is 3. The molecule has 4 aromatic rings. The van der Waals surface area contributed by atoms with Gasteiger partial charge in [0, 0.05) is 23.6 Å². The van der Waals surface area contributed by atoms with E-state index in [1.807, 2.05) is 0 Å². The molecule has 2 heterocycles. The van der Waals surface area contributed by atoms with Crippen molar-refractivity contribution >= 4 is 40.2 Å². The predicted octanol–water partition coefficient (Wildman–Crippen LogP) is 7.27. The number of pyridine rings is 1. The minimum absolute atomic E-state index is 0.0453. The van der Waals surface area contributed by atoms with Gasteiger partial charge in [0.2, 0.25) is 5.88 Å². The number of ether oxygens (including phenoxy) is 1. The third-order valence-corrected chi connectivity index (χ3v) is 6.03. The second kappa shape index (κ2) is 9.67. The summed E-state index contributed by atoms with van der Waals surface area (Å²) in [6, 6.07) is 9.71. The Morgan fingerprint density at radius 2 is 1.69 bits per heavy atom. The molecule has 2 aromatic heterocycles. The van der Waals surface area contributed by atoms with Crippen LogP contribution in [0.3, 0.4) is 0 Å². The summed E-state index contributed by atoms with van der Waals surface area (Å²) in [4.78, 5) is 23.1. The van der Waals surface area contributed by atoms with Crippen LogP contribution in [0.5, 0.6) is 11.6 Å². The molecule has 0 aliphatic rings.